The summed E-state index contributed by atoms with van der Waals surface area (Å²) >= 11 is 0. The highest BCUT2D eigenvalue weighted by atomic mass is 16.5. The molecule has 0 spiro atoms. The normalized spacial score (nSPS) is 25.1. The van der Waals surface area contributed by atoms with Crippen molar-refractivity contribution in [3.8, 4) is 0 Å². The minimum absolute atomic E-state index is 0.0396. The molecule has 0 bridgehead atoms. The molecule has 2 amide bonds. The van der Waals surface area contributed by atoms with Crippen LogP contribution in [0, 0.1) is 0 Å². The Morgan fingerprint density at radius 2 is 2.10 bits per heavy atom. The molecule has 2 saturated heterocycles. The van der Waals surface area contributed by atoms with E-state index in [-0.39, 0.29) is 23.9 Å². The predicted octanol–water partition coefficient (Wildman–Crippen LogP) is -0.166. The molecule has 1 N–H and O–H groups in total. The van der Waals surface area contributed by atoms with Crippen molar-refractivity contribution in [1.82, 2.24) is 15.1 Å². The largest absolute Gasteiger partial charge is 0.378 e. The van der Waals surface area contributed by atoms with Gasteiger partial charge in [-0.3, -0.25) is 9.59 Å². The smallest absolute Gasteiger partial charge is 0.245 e. The molecule has 6 heteroatoms. The second-order valence-corrected chi connectivity index (χ2v) is 5.44. The van der Waals surface area contributed by atoms with Crippen molar-refractivity contribution in [3.05, 3.63) is 0 Å². The Morgan fingerprint density at radius 1 is 1.40 bits per heavy atom. The summed E-state index contributed by atoms with van der Waals surface area (Å²) in [6.45, 7) is 7.85. The molecule has 0 saturated carbocycles. The van der Waals surface area contributed by atoms with Crippen LogP contribution in [-0.2, 0) is 14.3 Å². The maximum absolute atomic E-state index is 12.4. The molecule has 6 nitrogen and oxygen atoms in total. The monoisotopic (exact) mass is 283 g/mol. The lowest BCUT2D eigenvalue weighted by atomic mass is 10.2. The highest BCUT2D eigenvalue weighted by molar-refractivity contribution is 5.91. The molecule has 2 heterocycles. The number of rotatable bonds is 5. The second-order valence-electron chi connectivity index (χ2n) is 5.44. The quantitative estimate of drug-likeness (QED) is 0.761. The first-order chi connectivity index (χ1) is 9.65. The van der Waals surface area contributed by atoms with E-state index in [1.165, 1.54) is 0 Å². The van der Waals surface area contributed by atoms with Gasteiger partial charge in [0.25, 0.3) is 0 Å². The number of amides is 2. The van der Waals surface area contributed by atoms with Crippen LogP contribution in [0.2, 0.25) is 0 Å². The van der Waals surface area contributed by atoms with Crippen LogP contribution in [0.25, 0.3) is 0 Å². The number of morpholine rings is 1. The third kappa shape index (κ3) is 3.30. The summed E-state index contributed by atoms with van der Waals surface area (Å²) in [5.74, 6) is 0.102. The molecular formula is C14H25N3O3. The molecule has 114 valence electrons. The van der Waals surface area contributed by atoms with Crippen LogP contribution in [0.5, 0.6) is 0 Å². The fourth-order valence-electron chi connectivity index (χ4n) is 2.78. The average Bonchev–Trinajstić information content (AvgIpc) is 2.85. The Bertz CT molecular complexity index is 356. The van der Waals surface area contributed by atoms with E-state index < -0.39 is 0 Å². The summed E-state index contributed by atoms with van der Waals surface area (Å²) in [4.78, 5) is 28.2. The van der Waals surface area contributed by atoms with Gasteiger partial charge in [0.1, 0.15) is 6.04 Å². The van der Waals surface area contributed by atoms with Gasteiger partial charge in [-0.25, -0.2) is 0 Å². The fraction of sp³-hybridized carbons (Fsp3) is 0.857. The molecule has 2 unspecified atom stereocenters. The van der Waals surface area contributed by atoms with Crippen LogP contribution >= 0.6 is 0 Å². The van der Waals surface area contributed by atoms with Gasteiger partial charge >= 0.3 is 0 Å². The first-order valence-corrected chi connectivity index (χ1v) is 7.55. The average molecular weight is 283 g/mol. The third-order valence-electron chi connectivity index (χ3n) is 4.03. The molecule has 2 fully saturated rings. The zero-order valence-corrected chi connectivity index (χ0v) is 12.4. The zero-order chi connectivity index (χ0) is 14.5. The van der Waals surface area contributed by atoms with Crippen LogP contribution in [0.4, 0.5) is 0 Å². The van der Waals surface area contributed by atoms with Crippen molar-refractivity contribution in [1.29, 1.82) is 0 Å². The third-order valence-corrected chi connectivity index (χ3v) is 4.03. The number of hydrogen-bond acceptors (Lipinski definition) is 4. The molecule has 0 aromatic rings. The van der Waals surface area contributed by atoms with E-state index in [4.69, 9.17) is 4.74 Å². The molecular weight excluding hydrogens is 258 g/mol. The highest BCUT2D eigenvalue weighted by Gasteiger charge is 2.37. The van der Waals surface area contributed by atoms with Crippen molar-refractivity contribution in [3.63, 3.8) is 0 Å². The standard InChI is InChI=1S/C14H25N3O3/c1-3-5-15-12-4-6-17(14(12)19)11(2)13(18)16-7-9-20-10-8-16/h11-12,15H,3-10H2,1-2H3. The molecule has 2 rings (SSSR count). The molecule has 2 atom stereocenters. The number of likely N-dealkylation sites (tertiary alicyclic amines) is 1. The van der Waals surface area contributed by atoms with E-state index in [1.54, 1.807) is 9.80 Å². The van der Waals surface area contributed by atoms with Crippen molar-refractivity contribution in [2.24, 2.45) is 0 Å². The lowest BCUT2D eigenvalue weighted by molar-refractivity contribution is -0.146. The van der Waals surface area contributed by atoms with Gasteiger partial charge in [0.15, 0.2) is 0 Å². The predicted molar refractivity (Wildman–Crippen MR) is 75.3 cm³/mol. The van der Waals surface area contributed by atoms with E-state index in [0.29, 0.717) is 32.8 Å². The molecule has 2 aliphatic heterocycles. The van der Waals surface area contributed by atoms with E-state index in [0.717, 1.165) is 19.4 Å². The Morgan fingerprint density at radius 3 is 2.75 bits per heavy atom. The van der Waals surface area contributed by atoms with Crippen LogP contribution in [0.3, 0.4) is 0 Å². The van der Waals surface area contributed by atoms with Crippen molar-refractivity contribution in [2.75, 3.05) is 39.4 Å². The highest BCUT2D eigenvalue weighted by Crippen LogP contribution is 2.16. The van der Waals surface area contributed by atoms with Gasteiger partial charge in [-0.05, 0) is 26.3 Å². The van der Waals surface area contributed by atoms with Gasteiger partial charge < -0.3 is 19.9 Å². The Labute approximate surface area is 120 Å². The first-order valence-electron chi connectivity index (χ1n) is 7.55. The van der Waals surface area contributed by atoms with E-state index in [1.807, 2.05) is 6.92 Å². The molecule has 0 aromatic carbocycles. The van der Waals surface area contributed by atoms with Crippen LogP contribution < -0.4 is 5.32 Å². The van der Waals surface area contributed by atoms with Gasteiger partial charge in [-0.1, -0.05) is 6.92 Å². The molecule has 0 radical (unpaired) electrons. The van der Waals surface area contributed by atoms with Gasteiger partial charge in [-0.15, -0.1) is 0 Å². The van der Waals surface area contributed by atoms with Gasteiger partial charge in [0, 0.05) is 19.6 Å². The summed E-state index contributed by atoms with van der Waals surface area (Å²) < 4.78 is 5.25. The van der Waals surface area contributed by atoms with E-state index >= 15 is 0 Å². The van der Waals surface area contributed by atoms with E-state index in [9.17, 15) is 9.59 Å². The summed E-state index contributed by atoms with van der Waals surface area (Å²) in [5.41, 5.74) is 0. The number of ether oxygens (including phenoxy) is 1. The maximum atomic E-state index is 12.4. The van der Waals surface area contributed by atoms with Crippen LogP contribution in [-0.4, -0.2) is 73.1 Å². The number of nitrogens with zero attached hydrogens (tertiary/aromatic N) is 2. The van der Waals surface area contributed by atoms with Crippen molar-refractivity contribution >= 4 is 11.8 Å². The van der Waals surface area contributed by atoms with Gasteiger partial charge in [0.05, 0.1) is 19.3 Å². The summed E-state index contributed by atoms with van der Waals surface area (Å²) in [7, 11) is 0. The Balaban J connectivity index is 1.90. The lowest BCUT2D eigenvalue weighted by Crippen LogP contribution is -2.52. The number of hydrogen-bond donors (Lipinski definition) is 1. The maximum Gasteiger partial charge on any atom is 0.245 e. The molecule has 2 aliphatic rings. The molecule has 20 heavy (non-hydrogen) atoms. The molecule has 0 aliphatic carbocycles. The SMILES string of the molecule is CCCNC1CCN(C(C)C(=O)N2CCOCC2)C1=O. The summed E-state index contributed by atoms with van der Waals surface area (Å²) in [6.07, 6.45) is 1.80. The topological polar surface area (TPSA) is 61.9 Å². The van der Waals surface area contributed by atoms with Crippen LogP contribution in [0.1, 0.15) is 26.7 Å². The number of nitrogens with one attached hydrogen (secondary N) is 1. The first kappa shape index (κ1) is 15.3. The second kappa shape index (κ2) is 7.04. The number of carbonyl (C=O) groups excluding carboxylic acids is 2. The zero-order valence-electron chi connectivity index (χ0n) is 12.4. The van der Waals surface area contributed by atoms with Gasteiger partial charge in [0.2, 0.25) is 11.8 Å². The number of carbonyl (C=O) groups is 2. The minimum atomic E-state index is -0.367. The van der Waals surface area contributed by atoms with Crippen LogP contribution in [0.15, 0.2) is 0 Å². The molecule has 0 aromatic heterocycles. The van der Waals surface area contributed by atoms with E-state index in [2.05, 4.69) is 12.2 Å². The van der Waals surface area contributed by atoms with Gasteiger partial charge in [-0.2, -0.15) is 0 Å². The van der Waals surface area contributed by atoms with Crippen molar-refractivity contribution in [2.45, 2.75) is 38.8 Å². The fourth-order valence-corrected chi connectivity index (χ4v) is 2.78. The van der Waals surface area contributed by atoms with Crippen molar-refractivity contribution < 1.29 is 14.3 Å². The summed E-state index contributed by atoms with van der Waals surface area (Å²) in [5, 5.41) is 3.25. The lowest BCUT2D eigenvalue weighted by Gasteiger charge is -2.32. The minimum Gasteiger partial charge on any atom is -0.378 e. The Kier molecular flexibility index (Phi) is 5.37. The summed E-state index contributed by atoms with van der Waals surface area (Å²) in [6, 6.07) is -0.482. The Hall–Kier alpha value is -1.14.